The second kappa shape index (κ2) is 5.79. The fourth-order valence-electron chi connectivity index (χ4n) is 2.31. The first kappa shape index (κ1) is 15.1. The highest BCUT2D eigenvalue weighted by Crippen LogP contribution is 2.28. The van der Waals surface area contributed by atoms with Gasteiger partial charge in [0.1, 0.15) is 11.6 Å². The molecular weight excluding hydrogens is 297 g/mol. The van der Waals surface area contributed by atoms with E-state index in [-0.39, 0.29) is 11.7 Å². The molecule has 0 bridgehead atoms. The van der Waals surface area contributed by atoms with Gasteiger partial charge < -0.3 is 10.2 Å². The average molecular weight is 313 g/mol. The molecule has 1 aliphatic rings. The van der Waals surface area contributed by atoms with Crippen molar-refractivity contribution in [1.82, 2.24) is 4.98 Å². The van der Waals surface area contributed by atoms with Gasteiger partial charge in [-0.15, -0.1) is 0 Å². The largest absolute Gasteiger partial charge is 0.379 e. The summed E-state index contributed by atoms with van der Waals surface area (Å²) in [5.74, 6) is -0.175. The van der Waals surface area contributed by atoms with Gasteiger partial charge in [-0.2, -0.15) is 0 Å². The van der Waals surface area contributed by atoms with Crippen LogP contribution in [-0.4, -0.2) is 22.2 Å². The van der Waals surface area contributed by atoms with Crippen molar-refractivity contribution in [1.29, 1.82) is 0 Å². The molecule has 0 spiro atoms. The van der Waals surface area contributed by atoms with Crippen LogP contribution in [0.5, 0.6) is 0 Å². The van der Waals surface area contributed by atoms with E-state index < -0.39 is 5.60 Å². The fraction of sp³-hybridized carbons (Fsp3) is 0.235. The summed E-state index contributed by atoms with van der Waals surface area (Å²) in [5, 5.41) is 6.72. The molecule has 6 heteroatoms. The minimum atomic E-state index is -1.12. The molecule has 5 nitrogen and oxygen atoms in total. The summed E-state index contributed by atoms with van der Waals surface area (Å²) in [4.78, 5) is 21.9. The fourth-order valence-corrected chi connectivity index (χ4v) is 2.31. The topological polar surface area (TPSA) is 63.6 Å². The first-order valence-corrected chi connectivity index (χ1v) is 7.21. The summed E-state index contributed by atoms with van der Waals surface area (Å²) >= 11 is 0. The van der Waals surface area contributed by atoms with E-state index in [9.17, 15) is 9.18 Å². The molecule has 2 aromatic rings. The maximum absolute atomic E-state index is 13.0. The van der Waals surface area contributed by atoms with Crippen LogP contribution in [0.4, 0.5) is 10.2 Å². The van der Waals surface area contributed by atoms with Crippen molar-refractivity contribution in [2.75, 3.05) is 5.32 Å². The van der Waals surface area contributed by atoms with Crippen molar-refractivity contribution < 1.29 is 14.0 Å². The first-order valence-electron chi connectivity index (χ1n) is 7.21. The number of benzene rings is 1. The van der Waals surface area contributed by atoms with E-state index in [1.165, 1.54) is 12.1 Å². The molecule has 3 rings (SSSR count). The van der Waals surface area contributed by atoms with Crippen LogP contribution in [0.1, 0.15) is 24.5 Å². The van der Waals surface area contributed by atoms with Gasteiger partial charge in [-0.05, 0) is 49.2 Å². The van der Waals surface area contributed by atoms with Crippen molar-refractivity contribution in [3.8, 4) is 0 Å². The van der Waals surface area contributed by atoms with Crippen LogP contribution in [0.2, 0.25) is 0 Å². The quantitative estimate of drug-likeness (QED) is 0.947. The Kier molecular flexibility index (Phi) is 3.82. The average Bonchev–Trinajstić information content (AvgIpc) is 2.92. The predicted molar refractivity (Wildman–Crippen MR) is 84.6 cm³/mol. The summed E-state index contributed by atoms with van der Waals surface area (Å²) < 4.78 is 13.0. The lowest BCUT2D eigenvalue weighted by molar-refractivity contribution is -0.135. The molecule has 1 aromatic heterocycles. The number of hydrogen-bond acceptors (Lipinski definition) is 4. The number of nitrogens with zero attached hydrogens (tertiary/aromatic N) is 2. The van der Waals surface area contributed by atoms with Gasteiger partial charge in [0.2, 0.25) is 5.60 Å². The zero-order valence-electron chi connectivity index (χ0n) is 12.8. The maximum atomic E-state index is 13.0. The number of aromatic nitrogens is 1. The SMILES string of the molecule is Cc1ccnc(NC(=O)[C@]2(C)CC(c3ccc(F)cc3)=NO2)c1. The van der Waals surface area contributed by atoms with Crippen LogP contribution in [0.3, 0.4) is 0 Å². The molecule has 23 heavy (non-hydrogen) atoms. The van der Waals surface area contributed by atoms with Crippen LogP contribution in [-0.2, 0) is 9.63 Å². The summed E-state index contributed by atoms with van der Waals surface area (Å²) in [6.07, 6.45) is 1.93. The number of rotatable bonds is 3. The van der Waals surface area contributed by atoms with Crippen LogP contribution >= 0.6 is 0 Å². The summed E-state index contributed by atoms with van der Waals surface area (Å²) in [7, 11) is 0. The normalized spacial score (nSPS) is 19.9. The second-order valence-corrected chi connectivity index (χ2v) is 5.72. The number of nitrogens with one attached hydrogen (secondary N) is 1. The van der Waals surface area contributed by atoms with Gasteiger partial charge in [0.25, 0.3) is 5.91 Å². The lowest BCUT2D eigenvalue weighted by Gasteiger charge is -2.20. The summed E-state index contributed by atoms with van der Waals surface area (Å²) in [5.41, 5.74) is 1.22. The van der Waals surface area contributed by atoms with E-state index in [2.05, 4.69) is 15.5 Å². The van der Waals surface area contributed by atoms with E-state index in [0.717, 1.165) is 11.1 Å². The molecule has 0 unspecified atom stereocenters. The standard InChI is InChI=1S/C17H16FN3O2/c1-11-7-8-19-15(9-11)20-16(22)17(2)10-14(21-23-17)12-3-5-13(18)6-4-12/h3-9H,10H2,1-2H3,(H,19,20,22)/t17-/m0/s1. The highest BCUT2D eigenvalue weighted by Gasteiger charge is 2.42. The molecule has 0 saturated heterocycles. The van der Waals surface area contributed by atoms with Gasteiger partial charge in [0, 0.05) is 12.6 Å². The molecule has 0 radical (unpaired) electrons. The summed E-state index contributed by atoms with van der Waals surface area (Å²) in [6, 6.07) is 9.55. The van der Waals surface area contributed by atoms with Crippen molar-refractivity contribution in [3.05, 3.63) is 59.5 Å². The Morgan fingerprint density at radius 3 is 2.74 bits per heavy atom. The molecule has 1 atom stereocenters. The van der Waals surface area contributed by atoms with Gasteiger partial charge in [-0.3, -0.25) is 4.79 Å². The minimum Gasteiger partial charge on any atom is -0.379 e. The molecule has 0 saturated carbocycles. The molecule has 1 amide bonds. The zero-order valence-corrected chi connectivity index (χ0v) is 12.8. The third kappa shape index (κ3) is 3.21. The Morgan fingerprint density at radius 1 is 1.30 bits per heavy atom. The lowest BCUT2D eigenvalue weighted by Crippen LogP contribution is -2.40. The number of oxime groups is 1. The molecule has 1 aliphatic heterocycles. The maximum Gasteiger partial charge on any atom is 0.272 e. The molecule has 118 valence electrons. The number of amides is 1. The van der Waals surface area contributed by atoms with Crippen LogP contribution in [0.25, 0.3) is 0 Å². The van der Waals surface area contributed by atoms with Crippen molar-refractivity contribution in [2.24, 2.45) is 5.16 Å². The van der Waals surface area contributed by atoms with Gasteiger partial charge in [0.05, 0.1) is 5.71 Å². The van der Waals surface area contributed by atoms with Gasteiger partial charge in [-0.1, -0.05) is 17.3 Å². The van der Waals surface area contributed by atoms with Gasteiger partial charge in [-0.25, -0.2) is 9.37 Å². The molecule has 2 heterocycles. The molecular formula is C17H16FN3O2. The van der Waals surface area contributed by atoms with Crippen molar-refractivity contribution in [3.63, 3.8) is 0 Å². The Hall–Kier alpha value is -2.76. The van der Waals surface area contributed by atoms with E-state index in [4.69, 9.17) is 4.84 Å². The zero-order chi connectivity index (χ0) is 16.4. The number of carbonyl (C=O) groups excluding carboxylic acids is 1. The van der Waals surface area contributed by atoms with Gasteiger partial charge >= 0.3 is 0 Å². The molecule has 1 N–H and O–H groups in total. The number of aryl methyl sites for hydroxylation is 1. The number of halogens is 1. The Balaban J connectivity index is 1.71. The van der Waals surface area contributed by atoms with Crippen LogP contribution in [0.15, 0.2) is 47.8 Å². The summed E-state index contributed by atoms with van der Waals surface area (Å²) in [6.45, 7) is 3.58. The van der Waals surface area contributed by atoms with Gasteiger partial charge in [0.15, 0.2) is 0 Å². The third-order valence-corrected chi connectivity index (χ3v) is 3.68. The molecule has 0 aliphatic carbocycles. The van der Waals surface area contributed by atoms with E-state index >= 15 is 0 Å². The van der Waals surface area contributed by atoms with E-state index in [1.54, 1.807) is 31.3 Å². The number of pyridine rings is 1. The highest BCUT2D eigenvalue weighted by atomic mass is 19.1. The lowest BCUT2D eigenvalue weighted by atomic mass is 9.95. The smallest absolute Gasteiger partial charge is 0.272 e. The van der Waals surface area contributed by atoms with E-state index in [1.807, 2.05) is 13.0 Å². The Bertz CT molecular complexity index is 774. The Morgan fingerprint density at radius 2 is 2.04 bits per heavy atom. The van der Waals surface area contributed by atoms with E-state index in [0.29, 0.717) is 18.0 Å². The minimum absolute atomic E-state index is 0.302. The molecule has 1 aromatic carbocycles. The molecule has 0 fully saturated rings. The highest BCUT2D eigenvalue weighted by molar-refractivity contribution is 6.07. The van der Waals surface area contributed by atoms with Crippen LogP contribution < -0.4 is 5.32 Å². The monoisotopic (exact) mass is 313 g/mol. The number of anilines is 1. The van der Waals surface area contributed by atoms with Crippen molar-refractivity contribution >= 4 is 17.4 Å². The van der Waals surface area contributed by atoms with Crippen LogP contribution in [0, 0.1) is 12.7 Å². The third-order valence-electron chi connectivity index (χ3n) is 3.68. The number of hydrogen-bond donors (Lipinski definition) is 1. The predicted octanol–water partition coefficient (Wildman–Crippen LogP) is 3.05. The first-order chi connectivity index (χ1) is 11.0. The second-order valence-electron chi connectivity index (χ2n) is 5.72. The Labute approximate surface area is 133 Å². The van der Waals surface area contributed by atoms with Crippen molar-refractivity contribution in [2.45, 2.75) is 25.9 Å². The number of carbonyl (C=O) groups is 1.